The molecule has 4 heteroatoms. The number of halogens is 1. The van der Waals surface area contributed by atoms with Crippen LogP contribution in [-0.2, 0) is 11.3 Å². The summed E-state index contributed by atoms with van der Waals surface area (Å²) in [5, 5.41) is 3.31. The minimum atomic E-state index is -0.115. The lowest BCUT2D eigenvalue weighted by Gasteiger charge is -2.20. The van der Waals surface area contributed by atoms with Crippen LogP contribution in [0.5, 0.6) is 5.75 Å². The van der Waals surface area contributed by atoms with E-state index in [0.29, 0.717) is 13.2 Å². The second-order valence-electron chi connectivity index (χ2n) is 5.34. The maximum atomic E-state index is 5.80. The molecule has 0 amide bonds. The van der Waals surface area contributed by atoms with Gasteiger partial charge in [0, 0.05) is 16.6 Å². The zero-order chi connectivity index (χ0) is 14.3. The van der Waals surface area contributed by atoms with Gasteiger partial charge in [0.15, 0.2) is 0 Å². The van der Waals surface area contributed by atoms with Gasteiger partial charge in [-0.1, -0.05) is 22.9 Å². The first-order valence-corrected chi connectivity index (χ1v) is 7.47. The molecule has 0 saturated heterocycles. The number of ether oxygens (including phenoxy) is 2. The van der Waals surface area contributed by atoms with Crippen molar-refractivity contribution in [2.75, 3.05) is 19.8 Å². The van der Waals surface area contributed by atoms with Gasteiger partial charge in [0.25, 0.3) is 0 Å². The zero-order valence-corrected chi connectivity index (χ0v) is 13.8. The van der Waals surface area contributed by atoms with E-state index in [9.17, 15) is 0 Å². The number of benzene rings is 1. The van der Waals surface area contributed by atoms with Gasteiger partial charge in [-0.15, -0.1) is 0 Å². The second kappa shape index (κ2) is 7.88. The maximum absolute atomic E-state index is 5.80. The summed E-state index contributed by atoms with van der Waals surface area (Å²) in [6.07, 6.45) is 0. The number of hydrogen-bond donors (Lipinski definition) is 1. The molecule has 0 radical (unpaired) electrons. The Bertz CT molecular complexity index is 388. The van der Waals surface area contributed by atoms with Crippen molar-refractivity contribution < 1.29 is 9.47 Å². The molecule has 1 rings (SSSR count). The molecule has 0 aliphatic heterocycles. The predicted molar refractivity (Wildman–Crippen MR) is 82.7 cm³/mol. The van der Waals surface area contributed by atoms with Crippen LogP contribution >= 0.6 is 15.9 Å². The van der Waals surface area contributed by atoms with Gasteiger partial charge in [-0.05, 0) is 45.5 Å². The average Bonchev–Trinajstić information content (AvgIpc) is 2.32. The highest BCUT2D eigenvalue weighted by molar-refractivity contribution is 9.10. The van der Waals surface area contributed by atoms with Crippen molar-refractivity contribution >= 4 is 15.9 Å². The van der Waals surface area contributed by atoms with E-state index in [2.05, 4.69) is 34.2 Å². The van der Waals surface area contributed by atoms with Gasteiger partial charge in [-0.2, -0.15) is 0 Å². The van der Waals surface area contributed by atoms with Crippen molar-refractivity contribution in [3.63, 3.8) is 0 Å². The van der Waals surface area contributed by atoms with Crippen LogP contribution in [0.25, 0.3) is 0 Å². The molecule has 19 heavy (non-hydrogen) atoms. The molecular formula is C15H24BrNO2. The monoisotopic (exact) mass is 329 g/mol. The lowest BCUT2D eigenvalue weighted by molar-refractivity contribution is -0.0164. The quantitative estimate of drug-likeness (QED) is 0.773. The molecule has 0 aromatic heterocycles. The first kappa shape index (κ1) is 16.5. The molecule has 3 nitrogen and oxygen atoms in total. The van der Waals surface area contributed by atoms with Crippen molar-refractivity contribution in [3.05, 3.63) is 28.2 Å². The second-order valence-corrected chi connectivity index (χ2v) is 6.26. The lowest BCUT2D eigenvalue weighted by Crippen LogP contribution is -2.22. The normalized spacial score (nSPS) is 11.6. The van der Waals surface area contributed by atoms with E-state index in [0.717, 1.165) is 28.9 Å². The Kier molecular flexibility index (Phi) is 6.83. The molecule has 0 fully saturated rings. The number of rotatable bonds is 7. The Hall–Kier alpha value is -0.580. The lowest BCUT2D eigenvalue weighted by atomic mass is 10.2. The van der Waals surface area contributed by atoms with Crippen LogP contribution in [0.3, 0.4) is 0 Å². The topological polar surface area (TPSA) is 30.5 Å². The number of hydrogen-bond acceptors (Lipinski definition) is 3. The third-order valence-electron chi connectivity index (χ3n) is 2.46. The van der Waals surface area contributed by atoms with Crippen LogP contribution in [0, 0.1) is 0 Å². The van der Waals surface area contributed by atoms with Crippen molar-refractivity contribution in [1.29, 1.82) is 0 Å². The van der Waals surface area contributed by atoms with E-state index in [1.807, 2.05) is 32.9 Å². The van der Waals surface area contributed by atoms with Crippen molar-refractivity contribution in [1.82, 2.24) is 5.32 Å². The summed E-state index contributed by atoms with van der Waals surface area (Å²) in [6, 6.07) is 6.08. The van der Waals surface area contributed by atoms with Crippen LogP contribution in [0.1, 0.15) is 33.3 Å². The average molecular weight is 330 g/mol. The third kappa shape index (κ3) is 6.95. The molecule has 0 atom stereocenters. The van der Waals surface area contributed by atoms with Crippen LogP contribution in [-0.4, -0.2) is 25.4 Å². The van der Waals surface area contributed by atoms with E-state index in [-0.39, 0.29) is 5.60 Å². The summed E-state index contributed by atoms with van der Waals surface area (Å²) in [5.74, 6) is 0.918. The van der Waals surface area contributed by atoms with Gasteiger partial charge in [0.2, 0.25) is 0 Å². The van der Waals surface area contributed by atoms with E-state index in [4.69, 9.17) is 9.47 Å². The molecule has 1 aromatic rings. The fourth-order valence-electron chi connectivity index (χ4n) is 1.59. The van der Waals surface area contributed by atoms with Crippen LogP contribution in [0.15, 0.2) is 22.7 Å². The fourth-order valence-corrected chi connectivity index (χ4v) is 1.99. The van der Waals surface area contributed by atoms with Crippen LogP contribution in [0.4, 0.5) is 0 Å². The third-order valence-corrected chi connectivity index (χ3v) is 2.96. The summed E-state index contributed by atoms with van der Waals surface area (Å²) in [7, 11) is 0. The van der Waals surface area contributed by atoms with Gasteiger partial charge in [0.1, 0.15) is 12.4 Å². The Labute approximate surface area is 124 Å². The fraction of sp³-hybridized carbons (Fsp3) is 0.600. The van der Waals surface area contributed by atoms with Gasteiger partial charge in [-0.3, -0.25) is 0 Å². The highest BCUT2D eigenvalue weighted by atomic mass is 79.9. The van der Waals surface area contributed by atoms with Gasteiger partial charge < -0.3 is 14.8 Å². The number of nitrogens with one attached hydrogen (secondary N) is 1. The largest absolute Gasteiger partial charge is 0.491 e. The molecule has 108 valence electrons. The highest BCUT2D eigenvalue weighted by Gasteiger charge is 2.10. The standard InChI is InChI=1S/C15H24BrNO2/c1-5-17-11-12-10-13(16)6-7-14(12)18-8-9-19-15(2,3)4/h6-7,10,17H,5,8-9,11H2,1-4H3. The molecule has 0 aliphatic rings. The molecule has 1 N–H and O–H groups in total. The summed E-state index contributed by atoms with van der Waals surface area (Å²) in [6.45, 7) is 11.1. The van der Waals surface area contributed by atoms with Gasteiger partial charge >= 0.3 is 0 Å². The molecule has 0 saturated carbocycles. The highest BCUT2D eigenvalue weighted by Crippen LogP contribution is 2.23. The minimum Gasteiger partial charge on any atom is -0.491 e. The van der Waals surface area contributed by atoms with Crippen molar-refractivity contribution in [3.8, 4) is 5.75 Å². The Morgan fingerprint density at radius 2 is 1.95 bits per heavy atom. The zero-order valence-electron chi connectivity index (χ0n) is 12.3. The predicted octanol–water partition coefficient (Wildman–Crippen LogP) is 3.75. The van der Waals surface area contributed by atoms with Crippen molar-refractivity contribution in [2.45, 2.75) is 39.8 Å². The van der Waals surface area contributed by atoms with Crippen molar-refractivity contribution in [2.24, 2.45) is 0 Å². The molecule has 0 bridgehead atoms. The summed E-state index contributed by atoms with van der Waals surface area (Å²) >= 11 is 3.49. The van der Waals surface area contributed by atoms with E-state index >= 15 is 0 Å². The molecule has 1 aromatic carbocycles. The smallest absolute Gasteiger partial charge is 0.123 e. The molecule has 0 aliphatic carbocycles. The van der Waals surface area contributed by atoms with E-state index in [1.54, 1.807) is 0 Å². The Balaban J connectivity index is 2.52. The molecular weight excluding hydrogens is 306 g/mol. The summed E-state index contributed by atoms with van der Waals surface area (Å²) in [5.41, 5.74) is 1.04. The van der Waals surface area contributed by atoms with Crippen LogP contribution < -0.4 is 10.1 Å². The van der Waals surface area contributed by atoms with E-state index in [1.165, 1.54) is 0 Å². The molecule has 0 spiro atoms. The minimum absolute atomic E-state index is 0.115. The SMILES string of the molecule is CCNCc1cc(Br)ccc1OCCOC(C)(C)C. The van der Waals surface area contributed by atoms with Gasteiger partial charge in [0.05, 0.1) is 12.2 Å². The molecule has 0 unspecified atom stereocenters. The van der Waals surface area contributed by atoms with E-state index < -0.39 is 0 Å². The molecule has 0 heterocycles. The van der Waals surface area contributed by atoms with Gasteiger partial charge in [-0.25, -0.2) is 0 Å². The summed E-state index contributed by atoms with van der Waals surface area (Å²) < 4.78 is 12.5. The first-order chi connectivity index (χ1) is 8.92. The summed E-state index contributed by atoms with van der Waals surface area (Å²) in [4.78, 5) is 0. The Morgan fingerprint density at radius 3 is 2.58 bits per heavy atom. The Morgan fingerprint density at radius 1 is 1.21 bits per heavy atom. The van der Waals surface area contributed by atoms with Crippen LogP contribution in [0.2, 0.25) is 0 Å². The first-order valence-electron chi connectivity index (χ1n) is 6.68. The maximum Gasteiger partial charge on any atom is 0.123 e.